The Kier molecular flexibility index (Phi) is 3.75. The van der Waals surface area contributed by atoms with Crippen molar-refractivity contribution in [1.29, 1.82) is 0 Å². The second-order valence-corrected chi connectivity index (χ2v) is 4.53. The van der Waals surface area contributed by atoms with Crippen molar-refractivity contribution < 1.29 is 49.8 Å². The number of halogens is 9. The van der Waals surface area contributed by atoms with E-state index in [-0.39, 0.29) is 0 Å². The molecule has 2 rings (SSSR count). The molecule has 0 fully saturated rings. The minimum absolute atomic E-state index is 1.69. The van der Waals surface area contributed by atoms with E-state index in [0.29, 0.717) is 0 Å². The van der Waals surface area contributed by atoms with Crippen LogP contribution >= 0.6 is 11.6 Å². The third-order valence-electron chi connectivity index (χ3n) is 2.81. The maximum absolute atomic E-state index is 14.0. The molecule has 1 atom stereocenters. The molecule has 1 heterocycles. The van der Waals surface area contributed by atoms with Crippen molar-refractivity contribution >= 4 is 23.4 Å². The van der Waals surface area contributed by atoms with E-state index in [9.17, 15) is 39.9 Å². The van der Waals surface area contributed by atoms with E-state index in [1.165, 1.54) is 0 Å². The van der Waals surface area contributed by atoms with E-state index in [4.69, 9.17) is 16.7 Å². The molecule has 0 saturated carbocycles. The fourth-order valence-corrected chi connectivity index (χ4v) is 2.01. The summed E-state index contributed by atoms with van der Waals surface area (Å²) in [6.07, 6.45) is -6.15. The van der Waals surface area contributed by atoms with Gasteiger partial charge in [0, 0.05) is 0 Å². The van der Waals surface area contributed by atoms with Gasteiger partial charge in [-0.25, -0.2) is 22.4 Å². The van der Waals surface area contributed by atoms with Crippen LogP contribution in [0, 0.1) is 17.5 Å². The average molecular weight is 369 g/mol. The minimum atomic E-state index is -6.15. The summed E-state index contributed by atoms with van der Waals surface area (Å²) in [6, 6.07) is 0. The summed E-state index contributed by atoms with van der Waals surface area (Å²) in [7, 11) is 0. The zero-order chi connectivity index (χ0) is 17.9. The van der Waals surface area contributed by atoms with Gasteiger partial charge >= 0.3 is 18.0 Å². The van der Waals surface area contributed by atoms with Gasteiger partial charge in [0.05, 0.1) is 5.56 Å². The molecule has 0 aromatic heterocycles. The standard InChI is InChI=1S/C11HClF8O3/c12-3-6(15)7(16)5(14)1-4(13)2(9(21)22)10(17,11(18,19)20)23-8(1)3/h(H,21,22). The van der Waals surface area contributed by atoms with E-state index < -0.39 is 63.2 Å². The number of carbonyl (C=O) groups is 1. The van der Waals surface area contributed by atoms with Gasteiger partial charge < -0.3 is 9.84 Å². The van der Waals surface area contributed by atoms with Crippen LogP contribution < -0.4 is 4.74 Å². The monoisotopic (exact) mass is 368 g/mol. The molecule has 12 heteroatoms. The molecule has 126 valence electrons. The highest BCUT2D eigenvalue weighted by atomic mass is 35.5. The number of benzene rings is 1. The first-order valence-electron chi connectivity index (χ1n) is 5.29. The lowest BCUT2D eigenvalue weighted by molar-refractivity contribution is -0.285. The predicted molar refractivity (Wildman–Crippen MR) is 57.5 cm³/mol. The van der Waals surface area contributed by atoms with Crippen LogP contribution in [0.25, 0.3) is 5.83 Å². The highest BCUT2D eigenvalue weighted by molar-refractivity contribution is 6.32. The smallest absolute Gasteiger partial charge is 0.465 e. The Balaban J connectivity index is 2.97. The van der Waals surface area contributed by atoms with Crippen LogP contribution in [0.1, 0.15) is 5.56 Å². The molecular weight excluding hydrogens is 368 g/mol. The molecule has 1 aliphatic rings. The third kappa shape index (κ3) is 2.21. The van der Waals surface area contributed by atoms with Gasteiger partial charge in [0.15, 0.2) is 34.6 Å². The van der Waals surface area contributed by atoms with Gasteiger partial charge in [0.1, 0.15) is 5.02 Å². The average Bonchev–Trinajstić information content (AvgIpc) is 2.40. The molecule has 1 aromatic rings. The predicted octanol–water partition coefficient (Wildman–Crippen LogP) is 4.14. The first-order chi connectivity index (χ1) is 10.3. The Morgan fingerprint density at radius 3 is 2.04 bits per heavy atom. The molecule has 1 aromatic carbocycles. The van der Waals surface area contributed by atoms with Crippen LogP contribution in [0.15, 0.2) is 5.57 Å². The van der Waals surface area contributed by atoms with Crippen molar-refractivity contribution in [3.63, 3.8) is 0 Å². The summed E-state index contributed by atoms with van der Waals surface area (Å²) in [5.74, 6) is -19.7. The normalized spacial score (nSPS) is 21.1. The molecule has 0 saturated heterocycles. The molecular formula is C11HClF8O3. The second-order valence-electron chi connectivity index (χ2n) is 4.15. The number of rotatable bonds is 1. The zero-order valence-electron chi connectivity index (χ0n) is 10.2. The number of alkyl halides is 4. The Labute approximate surface area is 125 Å². The van der Waals surface area contributed by atoms with Crippen molar-refractivity contribution in [1.82, 2.24) is 0 Å². The van der Waals surface area contributed by atoms with E-state index in [0.717, 1.165) is 0 Å². The Bertz CT molecular complexity index is 757. The molecule has 0 aliphatic carbocycles. The SMILES string of the molecule is O=C(O)C1=C(F)c2c(F)c(F)c(F)c(Cl)c2OC1(F)C(F)(F)F. The number of fused-ring (bicyclic) bond motifs is 1. The van der Waals surface area contributed by atoms with Crippen LogP contribution in [0.2, 0.25) is 5.02 Å². The fraction of sp³-hybridized carbons (Fsp3) is 0.182. The van der Waals surface area contributed by atoms with Crippen molar-refractivity contribution in [2.45, 2.75) is 12.0 Å². The number of hydrogen-bond donors (Lipinski definition) is 1. The van der Waals surface area contributed by atoms with Gasteiger partial charge in [-0.05, 0) is 0 Å². The second kappa shape index (κ2) is 4.98. The van der Waals surface area contributed by atoms with Gasteiger partial charge in [-0.15, -0.1) is 0 Å². The summed E-state index contributed by atoms with van der Waals surface area (Å²) in [5, 5.41) is 6.89. The van der Waals surface area contributed by atoms with Crippen LogP contribution in [-0.4, -0.2) is 23.1 Å². The number of aliphatic carboxylic acids is 1. The molecule has 0 spiro atoms. The summed E-state index contributed by atoms with van der Waals surface area (Å²) in [4.78, 5) is 10.7. The van der Waals surface area contributed by atoms with Crippen LogP contribution in [-0.2, 0) is 4.79 Å². The maximum Gasteiger partial charge on any atom is 0.465 e. The van der Waals surface area contributed by atoms with Crippen molar-refractivity contribution in [3.8, 4) is 5.75 Å². The van der Waals surface area contributed by atoms with E-state index in [2.05, 4.69) is 4.74 Å². The third-order valence-corrected chi connectivity index (χ3v) is 3.14. The van der Waals surface area contributed by atoms with Gasteiger partial charge in [0.2, 0.25) is 0 Å². The van der Waals surface area contributed by atoms with E-state index >= 15 is 0 Å². The molecule has 0 bridgehead atoms. The minimum Gasteiger partial charge on any atom is -0.478 e. The van der Waals surface area contributed by atoms with Crippen LogP contribution in [0.4, 0.5) is 35.1 Å². The first-order valence-corrected chi connectivity index (χ1v) is 5.66. The van der Waals surface area contributed by atoms with Crippen molar-refractivity contribution in [2.24, 2.45) is 0 Å². The van der Waals surface area contributed by atoms with Gasteiger partial charge in [-0.1, -0.05) is 11.6 Å². The highest BCUT2D eigenvalue weighted by Crippen LogP contribution is 2.53. The number of ether oxygens (including phenoxy) is 1. The number of hydrogen-bond acceptors (Lipinski definition) is 2. The van der Waals surface area contributed by atoms with Crippen LogP contribution in [0.5, 0.6) is 5.75 Å². The summed E-state index contributed by atoms with van der Waals surface area (Å²) in [5.41, 5.74) is -4.55. The number of carboxylic acid groups (broad SMARTS) is 1. The first kappa shape index (κ1) is 17.3. The van der Waals surface area contributed by atoms with Gasteiger partial charge in [-0.3, -0.25) is 0 Å². The number of carboxylic acids is 1. The maximum atomic E-state index is 14.0. The largest absolute Gasteiger partial charge is 0.478 e. The van der Waals surface area contributed by atoms with Crippen LogP contribution in [0.3, 0.4) is 0 Å². The van der Waals surface area contributed by atoms with Gasteiger partial charge in [-0.2, -0.15) is 17.6 Å². The summed E-state index contributed by atoms with van der Waals surface area (Å²) >= 11 is 5.08. The molecule has 23 heavy (non-hydrogen) atoms. The zero-order valence-corrected chi connectivity index (χ0v) is 10.9. The fourth-order valence-electron chi connectivity index (χ4n) is 1.79. The lowest BCUT2D eigenvalue weighted by Gasteiger charge is -2.33. The molecule has 3 nitrogen and oxygen atoms in total. The molecule has 1 N–H and O–H groups in total. The Morgan fingerprint density at radius 2 is 1.61 bits per heavy atom. The van der Waals surface area contributed by atoms with E-state index in [1.807, 2.05) is 0 Å². The lowest BCUT2D eigenvalue weighted by atomic mass is 9.97. The summed E-state index contributed by atoms with van der Waals surface area (Å²) in [6.45, 7) is 0. The lowest BCUT2D eigenvalue weighted by Crippen LogP contribution is -2.52. The Hall–Kier alpha value is -2.04. The van der Waals surface area contributed by atoms with Crippen molar-refractivity contribution in [3.05, 3.63) is 33.6 Å². The highest BCUT2D eigenvalue weighted by Gasteiger charge is 2.67. The Morgan fingerprint density at radius 1 is 1.09 bits per heavy atom. The topological polar surface area (TPSA) is 46.5 Å². The van der Waals surface area contributed by atoms with Crippen molar-refractivity contribution in [2.75, 3.05) is 0 Å². The molecule has 0 radical (unpaired) electrons. The van der Waals surface area contributed by atoms with E-state index in [1.54, 1.807) is 0 Å². The van der Waals surface area contributed by atoms with Gasteiger partial charge in [0.25, 0.3) is 0 Å². The molecule has 1 unspecified atom stereocenters. The quantitative estimate of drug-likeness (QED) is 0.460. The summed E-state index contributed by atoms with van der Waals surface area (Å²) < 4.78 is 110. The molecule has 1 aliphatic heterocycles. The molecule has 0 amide bonds.